The lowest BCUT2D eigenvalue weighted by Crippen LogP contribution is -2.38. The number of aromatic nitrogens is 2. The van der Waals surface area contributed by atoms with Crippen LogP contribution < -0.4 is 5.32 Å². The molecule has 0 fully saturated rings. The lowest BCUT2D eigenvalue weighted by Gasteiger charge is -2.22. The normalized spacial score (nSPS) is 11.6. The fraction of sp³-hybridized carbons (Fsp3) is 0.375. The minimum atomic E-state index is 0.650. The molecule has 5 nitrogen and oxygen atoms in total. The Balaban J connectivity index is 1.99. The third-order valence-electron chi connectivity index (χ3n) is 3.58. The number of halogens is 1. The van der Waals surface area contributed by atoms with E-state index in [1.54, 1.807) is 7.05 Å². The van der Waals surface area contributed by atoms with E-state index in [0.29, 0.717) is 6.54 Å². The molecule has 2 aromatic rings. The summed E-state index contributed by atoms with van der Waals surface area (Å²) in [5.41, 5.74) is 3.32. The Hall–Kier alpha value is -2.01. The van der Waals surface area contributed by atoms with Crippen LogP contribution in [0.5, 0.6) is 0 Å². The van der Waals surface area contributed by atoms with E-state index in [2.05, 4.69) is 33.2 Å². The van der Waals surface area contributed by atoms with E-state index in [0.717, 1.165) is 28.9 Å². The van der Waals surface area contributed by atoms with Crippen LogP contribution in [0.25, 0.3) is 0 Å². The molecule has 0 saturated carbocycles. The fourth-order valence-electron chi connectivity index (χ4n) is 2.29. The zero-order chi connectivity index (χ0) is 16.1. The van der Waals surface area contributed by atoms with Crippen molar-refractivity contribution in [2.75, 3.05) is 14.1 Å². The van der Waals surface area contributed by atoms with E-state index >= 15 is 0 Å². The van der Waals surface area contributed by atoms with Crippen LogP contribution in [-0.4, -0.2) is 34.5 Å². The van der Waals surface area contributed by atoms with Gasteiger partial charge < -0.3 is 14.8 Å². The Morgan fingerprint density at radius 1 is 1.50 bits per heavy atom. The molecule has 118 valence electrons. The van der Waals surface area contributed by atoms with Crippen molar-refractivity contribution in [1.29, 1.82) is 0 Å². The fourth-order valence-corrected chi connectivity index (χ4v) is 2.56. The number of aryl methyl sites for hydroxylation is 2. The van der Waals surface area contributed by atoms with Gasteiger partial charge in [0.05, 0.1) is 23.8 Å². The minimum absolute atomic E-state index is 0.650. The maximum absolute atomic E-state index is 6.03. The predicted molar refractivity (Wildman–Crippen MR) is 91.1 cm³/mol. The van der Waals surface area contributed by atoms with E-state index in [9.17, 15) is 0 Å². The van der Waals surface area contributed by atoms with E-state index in [4.69, 9.17) is 11.6 Å². The van der Waals surface area contributed by atoms with Crippen LogP contribution in [0.3, 0.4) is 0 Å². The molecule has 0 radical (unpaired) electrons. The Kier molecular flexibility index (Phi) is 5.44. The highest BCUT2D eigenvalue weighted by Crippen LogP contribution is 2.14. The first-order chi connectivity index (χ1) is 10.5. The number of pyridine rings is 1. The van der Waals surface area contributed by atoms with Crippen LogP contribution in [0.2, 0.25) is 5.02 Å². The van der Waals surface area contributed by atoms with Crippen LogP contribution in [0.4, 0.5) is 0 Å². The third kappa shape index (κ3) is 4.01. The number of guanidine groups is 1. The number of hydrogen-bond acceptors (Lipinski definition) is 2. The summed E-state index contributed by atoms with van der Waals surface area (Å²) in [6.07, 6.45) is 3.71. The summed E-state index contributed by atoms with van der Waals surface area (Å²) in [5, 5.41) is 4.09. The molecule has 2 rings (SSSR count). The standard InChI is InChI=1S/C16H22ClN5/c1-12-6-5-7-19-15(12)9-20-16(18-2)22(4)11-14-8-13(17)10-21(14)3/h5-8,10H,9,11H2,1-4H3,(H,18,20). The van der Waals surface area contributed by atoms with Gasteiger partial charge in [0.1, 0.15) is 0 Å². The molecule has 2 aromatic heterocycles. The molecule has 6 heteroatoms. The van der Waals surface area contributed by atoms with Gasteiger partial charge >= 0.3 is 0 Å². The molecular formula is C16H22ClN5. The average molecular weight is 320 g/mol. The highest BCUT2D eigenvalue weighted by Gasteiger charge is 2.10. The first-order valence-electron chi connectivity index (χ1n) is 7.14. The minimum Gasteiger partial charge on any atom is -0.351 e. The zero-order valence-corrected chi connectivity index (χ0v) is 14.2. The smallest absolute Gasteiger partial charge is 0.194 e. The van der Waals surface area contributed by atoms with Crippen molar-refractivity contribution < 1.29 is 0 Å². The van der Waals surface area contributed by atoms with Gasteiger partial charge in [0.25, 0.3) is 0 Å². The molecule has 22 heavy (non-hydrogen) atoms. The molecular weight excluding hydrogens is 298 g/mol. The maximum atomic E-state index is 6.03. The Labute approximate surface area is 136 Å². The molecule has 0 atom stereocenters. The molecule has 0 spiro atoms. The second kappa shape index (κ2) is 7.31. The van der Waals surface area contributed by atoms with E-state index < -0.39 is 0 Å². The van der Waals surface area contributed by atoms with Gasteiger partial charge in [0, 0.05) is 39.2 Å². The molecule has 0 aromatic carbocycles. The number of nitrogens with zero attached hydrogens (tertiary/aromatic N) is 4. The zero-order valence-electron chi connectivity index (χ0n) is 13.5. The SMILES string of the molecule is CN=C(NCc1ncccc1C)N(C)Cc1cc(Cl)cn1C. The molecule has 0 aliphatic heterocycles. The van der Waals surface area contributed by atoms with Crippen molar-refractivity contribution in [3.05, 3.63) is 52.6 Å². The maximum Gasteiger partial charge on any atom is 0.194 e. The summed E-state index contributed by atoms with van der Waals surface area (Å²) in [7, 11) is 5.77. The Bertz CT molecular complexity index is 662. The number of aliphatic imine (C=N–C) groups is 1. The van der Waals surface area contributed by atoms with Gasteiger partial charge in [-0.1, -0.05) is 17.7 Å². The highest BCUT2D eigenvalue weighted by atomic mass is 35.5. The molecule has 2 heterocycles. The van der Waals surface area contributed by atoms with Gasteiger partial charge in [0.2, 0.25) is 0 Å². The summed E-state index contributed by atoms with van der Waals surface area (Å²) >= 11 is 6.03. The third-order valence-corrected chi connectivity index (χ3v) is 3.79. The van der Waals surface area contributed by atoms with Gasteiger partial charge in [-0.2, -0.15) is 0 Å². The quantitative estimate of drug-likeness (QED) is 0.696. The van der Waals surface area contributed by atoms with Crippen molar-refractivity contribution in [2.45, 2.75) is 20.0 Å². The van der Waals surface area contributed by atoms with E-state index in [1.807, 2.05) is 43.2 Å². The van der Waals surface area contributed by atoms with Crippen LogP contribution in [0.1, 0.15) is 17.0 Å². The number of nitrogens with one attached hydrogen (secondary N) is 1. The largest absolute Gasteiger partial charge is 0.351 e. The monoisotopic (exact) mass is 319 g/mol. The van der Waals surface area contributed by atoms with Crippen LogP contribution in [-0.2, 0) is 20.1 Å². The summed E-state index contributed by atoms with van der Waals surface area (Å²) < 4.78 is 2.02. The second-order valence-electron chi connectivity index (χ2n) is 5.28. The van der Waals surface area contributed by atoms with Crippen LogP contribution in [0.15, 0.2) is 35.6 Å². The van der Waals surface area contributed by atoms with E-state index in [1.165, 1.54) is 5.56 Å². The summed E-state index contributed by atoms with van der Waals surface area (Å²) in [6.45, 7) is 3.43. The van der Waals surface area contributed by atoms with Crippen molar-refractivity contribution in [3.63, 3.8) is 0 Å². The number of rotatable bonds is 4. The second-order valence-corrected chi connectivity index (χ2v) is 5.72. The van der Waals surface area contributed by atoms with Crippen LogP contribution >= 0.6 is 11.6 Å². The highest BCUT2D eigenvalue weighted by molar-refractivity contribution is 6.30. The molecule has 0 amide bonds. The lowest BCUT2D eigenvalue weighted by molar-refractivity contribution is 0.461. The molecule has 1 N–H and O–H groups in total. The van der Waals surface area contributed by atoms with Crippen molar-refractivity contribution in [2.24, 2.45) is 12.0 Å². The van der Waals surface area contributed by atoms with Gasteiger partial charge in [-0.3, -0.25) is 9.98 Å². The average Bonchev–Trinajstić information content (AvgIpc) is 2.79. The van der Waals surface area contributed by atoms with Crippen molar-refractivity contribution in [3.8, 4) is 0 Å². The van der Waals surface area contributed by atoms with Crippen molar-refractivity contribution >= 4 is 17.6 Å². The molecule has 0 unspecified atom stereocenters. The molecule has 0 aliphatic rings. The Morgan fingerprint density at radius 3 is 2.86 bits per heavy atom. The van der Waals surface area contributed by atoms with Gasteiger partial charge in [-0.05, 0) is 24.6 Å². The lowest BCUT2D eigenvalue weighted by atomic mass is 10.2. The van der Waals surface area contributed by atoms with Gasteiger partial charge in [-0.15, -0.1) is 0 Å². The van der Waals surface area contributed by atoms with Gasteiger partial charge in [0.15, 0.2) is 5.96 Å². The Morgan fingerprint density at radius 2 is 2.27 bits per heavy atom. The van der Waals surface area contributed by atoms with Crippen molar-refractivity contribution in [1.82, 2.24) is 19.8 Å². The number of hydrogen-bond donors (Lipinski definition) is 1. The molecule has 0 bridgehead atoms. The van der Waals surface area contributed by atoms with E-state index in [-0.39, 0.29) is 0 Å². The topological polar surface area (TPSA) is 45.5 Å². The van der Waals surface area contributed by atoms with Crippen LogP contribution in [0, 0.1) is 6.92 Å². The summed E-state index contributed by atoms with van der Waals surface area (Å²) in [5.74, 6) is 0.822. The predicted octanol–water partition coefficient (Wildman–Crippen LogP) is 2.59. The summed E-state index contributed by atoms with van der Waals surface area (Å²) in [6, 6.07) is 5.97. The first kappa shape index (κ1) is 16.4. The molecule has 0 aliphatic carbocycles. The van der Waals surface area contributed by atoms with Gasteiger partial charge in [-0.25, -0.2) is 0 Å². The molecule has 0 saturated heterocycles. The summed E-state index contributed by atoms with van der Waals surface area (Å²) in [4.78, 5) is 10.8. The first-order valence-corrected chi connectivity index (χ1v) is 7.52.